The van der Waals surface area contributed by atoms with Crippen molar-refractivity contribution in [1.82, 2.24) is 9.88 Å². The van der Waals surface area contributed by atoms with E-state index in [0.717, 1.165) is 17.7 Å². The molecule has 1 aromatic heterocycles. The van der Waals surface area contributed by atoms with Crippen molar-refractivity contribution in [3.8, 4) is 0 Å². The van der Waals surface area contributed by atoms with Gasteiger partial charge in [-0.1, -0.05) is 12.2 Å². The maximum absolute atomic E-state index is 12.4. The van der Waals surface area contributed by atoms with Crippen LogP contribution in [0.15, 0.2) is 18.2 Å². The van der Waals surface area contributed by atoms with Gasteiger partial charge in [-0.15, -0.1) is 0 Å². The summed E-state index contributed by atoms with van der Waals surface area (Å²) in [6.07, 6.45) is 7.21. The smallest absolute Gasteiger partial charge is 0.253 e. The minimum Gasteiger partial charge on any atom is -0.396 e. The number of hydrogen-bond acceptors (Lipinski definition) is 2. The number of carbonyl (C=O) groups is 1. The molecule has 0 radical (unpaired) electrons. The maximum Gasteiger partial charge on any atom is 0.253 e. The highest BCUT2D eigenvalue weighted by molar-refractivity contribution is 5.96. The van der Waals surface area contributed by atoms with Crippen LogP contribution in [0.2, 0.25) is 0 Å². The summed E-state index contributed by atoms with van der Waals surface area (Å²) in [5, 5.41) is 12.2. The number of nitrogens with zero attached hydrogens (tertiary/aromatic N) is 1. The van der Waals surface area contributed by atoms with E-state index < -0.39 is 0 Å². The van der Waals surface area contributed by atoms with Crippen molar-refractivity contribution in [2.24, 2.45) is 5.92 Å². The van der Waals surface area contributed by atoms with Crippen LogP contribution in [0.5, 0.6) is 0 Å². The second kappa shape index (κ2) is 5.09. The minimum absolute atomic E-state index is 0.00163. The molecule has 20 heavy (non-hydrogen) atoms. The van der Waals surface area contributed by atoms with Gasteiger partial charge in [0.1, 0.15) is 0 Å². The first-order valence-electron chi connectivity index (χ1n) is 7.38. The Morgan fingerprint density at radius 2 is 2.15 bits per heavy atom. The molecule has 108 valence electrons. The largest absolute Gasteiger partial charge is 0.396 e. The molecule has 2 aliphatic rings. The molecule has 1 amide bonds. The molecule has 0 aromatic carbocycles. The third kappa shape index (κ3) is 2.40. The van der Waals surface area contributed by atoms with Crippen LogP contribution in [-0.2, 0) is 0 Å². The fourth-order valence-electron chi connectivity index (χ4n) is 3.16. The molecule has 0 aliphatic heterocycles. The second-order valence-corrected chi connectivity index (χ2v) is 6.03. The quantitative estimate of drug-likeness (QED) is 0.826. The van der Waals surface area contributed by atoms with E-state index in [2.05, 4.69) is 16.8 Å². The summed E-state index contributed by atoms with van der Waals surface area (Å²) in [6, 6.07) is 2.64. The summed E-state index contributed by atoms with van der Waals surface area (Å²) in [4.78, 5) is 12.4. The topological polar surface area (TPSA) is 54.3 Å². The standard InChI is InChI=1S/C16H22N2O2/c1-10-7-15(11(2)18(10)14-5-6-14)16(20)17-13-4-3-12(8-13)9-19/h3-4,7,12-14,19H,5-6,8-9H2,1-2H3,(H,17,20)/t12-,13+/m0/s1. The Morgan fingerprint density at radius 1 is 1.40 bits per heavy atom. The fraction of sp³-hybridized carbons (Fsp3) is 0.562. The van der Waals surface area contributed by atoms with Gasteiger partial charge >= 0.3 is 0 Å². The average Bonchev–Trinajstić information content (AvgIpc) is 3.06. The lowest BCUT2D eigenvalue weighted by Crippen LogP contribution is -2.33. The van der Waals surface area contributed by atoms with Gasteiger partial charge in [-0.3, -0.25) is 4.79 Å². The molecule has 0 unspecified atom stereocenters. The number of amides is 1. The molecule has 2 atom stereocenters. The van der Waals surface area contributed by atoms with Gasteiger partial charge in [-0.05, 0) is 39.2 Å². The minimum atomic E-state index is -0.00163. The second-order valence-electron chi connectivity index (χ2n) is 6.03. The van der Waals surface area contributed by atoms with Crippen LogP contribution in [0.1, 0.15) is 47.1 Å². The molecule has 0 saturated heterocycles. The van der Waals surface area contributed by atoms with E-state index in [1.165, 1.54) is 18.5 Å². The van der Waals surface area contributed by atoms with Gasteiger partial charge in [0.2, 0.25) is 0 Å². The Bertz CT molecular complexity index is 555. The average molecular weight is 274 g/mol. The first-order valence-corrected chi connectivity index (χ1v) is 7.38. The van der Waals surface area contributed by atoms with E-state index in [1.807, 2.05) is 25.1 Å². The van der Waals surface area contributed by atoms with Crippen LogP contribution in [0.25, 0.3) is 0 Å². The Labute approximate surface area is 119 Å². The lowest BCUT2D eigenvalue weighted by atomic mass is 10.1. The number of aryl methyl sites for hydroxylation is 1. The van der Waals surface area contributed by atoms with E-state index in [1.54, 1.807) is 0 Å². The number of aliphatic hydroxyl groups excluding tert-OH is 1. The zero-order valence-electron chi connectivity index (χ0n) is 12.1. The summed E-state index contributed by atoms with van der Waals surface area (Å²) >= 11 is 0. The van der Waals surface area contributed by atoms with Gasteiger partial charge in [-0.25, -0.2) is 0 Å². The van der Waals surface area contributed by atoms with Crippen molar-refractivity contribution >= 4 is 5.91 Å². The van der Waals surface area contributed by atoms with Crippen LogP contribution in [-0.4, -0.2) is 28.2 Å². The molecule has 0 spiro atoms. The first kappa shape index (κ1) is 13.4. The van der Waals surface area contributed by atoms with Gasteiger partial charge in [0.25, 0.3) is 5.91 Å². The highest BCUT2D eigenvalue weighted by Crippen LogP contribution is 2.38. The number of nitrogens with one attached hydrogen (secondary N) is 1. The highest BCUT2D eigenvalue weighted by atomic mass is 16.3. The van der Waals surface area contributed by atoms with E-state index in [9.17, 15) is 4.79 Å². The van der Waals surface area contributed by atoms with E-state index in [-0.39, 0.29) is 24.5 Å². The number of aromatic nitrogens is 1. The molecule has 2 N–H and O–H groups in total. The maximum atomic E-state index is 12.4. The van der Waals surface area contributed by atoms with Gasteiger partial charge in [0, 0.05) is 36.0 Å². The summed E-state index contributed by atoms with van der Waals surface area (Å²) in [6.45, 7) is 4.25. The fourth-order valence-corrected chi connectivity index (χ4v) is 3.16. The normalized spacial score (nSPS) is 25.1. The van der Waals surface area contributed by atoms with Crippen molar-refractivity contribution in [1.29, 1.82) is 0 Å². The van der Waals surface area contributed by atoms with Crippen LogP contribution < -0.4 is 5.32 Å². The summed E-state index contributed by atoms with van der Waals surface area (Å²) in [5.74, 6) is 0.178. The van der Waals surface area contributed by atoms with Crippen LogP contribution in [0, 0.1) is 19.8 Å². The van der Waals surface area contributed by atoms with Crippen molar-refractivity contribution in [2.75, 3.05) is 6.61 Å². The Hall–Kier alpha value is -1.55. The monoisotopic (exact) mass is 274 g/mol. The number of hydrogen-bond donors (Lipinski definition) is 2. The van der Waals surface area contributed by atoms with Crippen LogP contribution >= 0.6 is 0 Å². The Balaban J connectivity index is 1.72. The van der Waals surface area contributed by atoms with Gasteiger partial charge in [0.15, 0.2) is 0 Å². The number of rotatable bonds is 4. The molecular weight excluding hydrogens is 252 g/mol. The molecule has 1 fully saturated rings. The molecule has 1 saturated carbocycles. The summed E-state index contributed by atoms with van der Waals surface area (Å²) in [7, 11) is 0. The van der Waals surface area contributed by atoms with Gasteiger partial charge in [0.05, 0.1) is 5.56 Å². The zero-order chi connectivity index (χ0) is 14.3. The van der Waals surface area contributed by atoms with Crippen molar-refractivity contribution in [3.05, 3.63) is 35.2 Å². The van der Waals surface area contributed by atoms with Crippen LogP contribution in [0.3, 0.4) is 0 Å². The lowest BCUT2D eigenvalue weighted by Gasteiger charge is -2.13. The van der Waals surface area contributed by atoms with Gasteiger partial charge < -0.3 is 15.0 Å². The molecule has 0 bridgehead atoms. The summed E-state index contributed by atoms with van der Waals surface area (Å²) in [5.41, 5.74) is 3.03. The third-order valence-corrected chi connectivity index (χ3v) is 4.36. The Morgan fingerprint density at radius 3 is 2.75 bits per heavy atom. The highest BCUT2D eigenvalue weighted by Gasteiger charge is 2.29. The third-order valence-electron chi connectivity index (χ3n) is 4.36. The van der Waals surface area contributed by atoms with E-state index >= 15 is 0 Å². The molecule has 2 aliphatic carbocycles. The van der Waals surface area contributed by atoms with Gasteiger partial charge in [-0.2, -0.15) is 0 Å². The number of carbonyl (C=O) groups excluding carboxylic acids is 1. The van der Waals surface area contributed by atoms with E-state index in [4.69, 9.17) is 5.11 Å². The number of aliphatic hydroxyl groups is 1. The zero-order valence-corrected chi connectivity index (χ0v) is 12.1. The van der Waals surface area contributed by atoms with Crippen molar-refractivity contribution in [2.45, 2.75) is 45.2 Å². The summed E-state index contributed by atoms with van der Waals surface area (Å²) < 4.78 is 2.29. The molecule has 1 heterocycles. The molecule has 3 rings (SSSR count). The lowest BCUT2D eigenvalue weighted by molar-refractivity contribution is 0.0940. The van der Waals surface area contributed by atoms with E-state index in [0.29, 0.717) is 6.04 Å². The van der Waals surface area contributed by atoms with Crippen molar-refractivity contribution < 1.29 is 9.90 Å². The predicted octanol–water partition coefficient (Wildman–Crippen LogP) is 2.11. The Kier molecular flexibility index (Phi) is 3.42. The molecule has 1 aromatic rings. The molecule has 4 heteroatoms. The van der Waals surface area contributed by atoms with Crippen molar-refractivity contribution in [3.63, 3.8) is 0 Å². The molecule has 4 nitrogen and oxygen atoms in total. The van der Waals surface area contributed by atoms with Crippen LogP contribution in [0.4, 0.5) is 0 Å². The SMILES string of the molecule is Cc1cc(C(=O)N[C@@H]2C=C[C@H](CO)C2)c(C)n1C1CC1. The first-order chi connectivity index (χ1) is 9.60. The molecular formula is C16H22N2O2. The predicted molar refractivity (Wildman–Crippen MR) is 77.8 cm³/mol.